The van der Waals surface area contributed by atoms with Gasteiger partial charge in [0.2, 0.25) is 0 Å². The highest BCUT2D eigenvalue weighted by Crippen LogP contribution is 2.37. The third kappa shape index (κ3) is 3.13. The molecule has 2 aliphatic heterocycles. The number of benzene rings is 1. The molecule has 1 aromatic carbocycles. The van der Waals surface area contributed by atoms with Crippen molar-refractivity contribution < 1.29 is 9.59 Å². The second-order valence-corrected chi connectivity index (χ2v) is 7.17. The number of aromatic nitrogens is 2. The average Bonchev–Trinajstić information content (AvgIpc) is 3.28. The van der Waals surface area contributed by atoms with Gasteiger partial charge in [0.1, 0.15) is 11.5 Å². The fourth-order valence-corrected chi connectivity index (χ4v) is 3.78. The molecule has 0 bridgehead atoms. The average molecular weight is 365 g/mol. The first-order valence-electron chi connectivity index (χ1n) is 9.26. The van der Waals surface area contributed by atoms with Crippen LogP contribution >= 0.6 is 0 Å². The largest absolute Gasteiger partial charge is 0.344 e. The van der Waals surface area contributed by atoms with Crippen molar-refractivity contribution in [1.82, 2.24) is 14.9 Å². The van der Waals surface area contributed by atoms with Crippen LogP contribution in [-0.4, -0.2) is 53.5 Å². The number of anilines is 2. The van der Waals surface area contributed by atoms with Crippen LogP contribution in [0.15, 0.2) is 30.5 Å². The van der Waals surface area contributed by atoms with Gasteiger partial charge in [-0.25, -0.2) is 19.7 Å². The van der Waals surface area contributed by atoms with Crippen LogP contribution in [0.4, 0.5) is 16.3 Å². The molecule has 7 heteroatoms. The summed E-state index contributed by atoms with van der Waals surface area (Å²) in [5.74, 6) is 1.16. The van der Waals surface area contributed by atoms with Crippen molar-refractivity contribution in [3.05, 3.63) is 47.4 Å². The molecule has 7 nitrogen and oxygen atoms in total. The van der Waals surface area contributed by atoms with Crippen LogP contribution in [0.5, 0.6) is 0 Å². The number of likely N-dealkylation sites (tertiary alicyclic amines) is 1. The highest BCUT2D eigenvalue weighted by Gasteiger charge is 2.41. The lowest BCUT2D eigenvalue weighted by atomic mass is 10.1. The number of amides is 2. The number of hydrogen-bond donors (Lipinski definition) is 0. The summed E-state index contributed by atoms with van der Waals surface area (Å²) in [5, 5.41) is 0. The summed E-state index contributed by atoms with van der Waals surface area (Å²) in [7, 11) is 1.79. The topological polar surface area (TPSA) is 69.6 Å². The van der Waals surface area contributed by atoms with Crippen molar-refractivity contribution in [2.24, 2.45) is 0 Å². The molecular weight excluding hydrogens is 342 g/mol. The van der Waals surface area contributed by atoms with Gasteiger partial charge in [-0.15, -0.1) is 0 Å². The Labute approximate surface area is 158 Å². The molecule has 1 atom stereocenters. The fourth-order valence-electron chi connectivity index (χ4n) is 3.78. The van der Waals surface area contributed by atoms with E-state index < -0.39 is 6.17 Å². The van der Waals surface area contributed by atoms with Crippen LogP contribution in [0.1, 0.15) is 29.8 Å². The minimum Gasteiger partial charge on any atom is -0.344 e. The van der Waals surface area contributed by atoms with E-state index in [9.17, 15) is 9.59 Å². The number of fused-ring (bicyclic) bond motifs is 1. The second-order valence-electron chi connectivity index (χ2n) is 7.17. The molecule has 0 aliphatic carbocycles. The predicted octanol–water partition coefficient (Wildman–Crippen LogP) is 2.37. The molecule has 1 aromatic heterocycles. The number of nitrogens with zero attached hydrogens (tertiary/aromatic N) is 5. The molecule has 0 N–H and O–H groups in total. The molecule has 1 fully saturated rings. The van der Waals surface area contributed by atoms with E-state index in [1.165, 1.54) is 10.5 Å². The van der Waals surface area contributed by atoms with Crippen molar-refractivity contribution in [1.29, 1.82) is 0 Å². The van der Waals surface area contributed by atoms with Gasteiger partial charge in [-0.1, -0.05) is 29.8 Å². The Morgan fingerprint density at radius 1 is 1.30 bits per heavy atom. The number of carbonyl (C=O) groups is 2. The smallest absolute Gasteiger partial charge is 0.327 e. The molecule has 0 spiro atoms. The normalized spacial score (nSPS) is 18.7. The first-order chi connectivity index (χ1) is 13.1. The van der Waals surface area contributed by atoms with E-state index in [0.717, 1.165) is 37.8 Å². The summed E-state index contributed by atoms with van der Waals surface area (Å²) in [6.45, 7) is 3.50. The lowest BCUT2D eigenvalue weighted by Crippen LogP contribution is -2.51. The standard InChI is InChI=1S/C20H23N5O2/c1-14-6-5-7-15(10-14)11-17-21-12-16-19(22-17)25(18(13-26)23(16)2)20(27)24-8-3-4-9-24/h5-7,10,12-13,18H,3-4,8-9,11H2,1-2H3. The summed E-state index contributed by atoms with van der Waals surface area (Å²) < 4.78 is 0. The van der Waals surface area contributed by atoms with Crippen LogP contribution in [-0.2, 0) is 11.2 Å². The molecular formula is C20H23N5O2. The van der Waals surface area contributed by atoms with Gasteiger partial charge in [-0.3, -0.25) is 4.79 Å². The number of aldehydes is 1. The minimum absolute atomic E-state index is 0.157. The summed E-state index contributed by atoms with van der Waals surface area (Å²) >= 11 is 0. The Hall–Kier alpha value is -2.96. The maximum Gasteiger partial charge on any atom is 0.327 e. The summed E-state index contributed by atoms with van der Waals surface area (Å²) in [4.78, 5) is 39.0. The third-order valence-corrected chi connectivity index (χ3v) is 5.22. The van der Waals surface area contributed by atoms with Gasteiger partial charge in [0.05, 0.1) is 6.20 Å². The second kappa shape index (κ2) is 6.98. The summed E-state index contributed by atoms with van der Waals surface area (Å²) in [6, 6.07) is 8.04. The Bertz CT molecular complexity index is 878. The number of aryl methyl sites for hydroxylation is 1. The SMILES string of the molecule is Cc1cccc(Cc2ncc3c(n2)N(C(=O)N2CCCC2)C(C=O)N3C)c1. The Kier molecular flexibility index (Phi) is 4.51. The lowest BCUT2D eigenvalue weighted by Gasteiger charge is -2.28. The monoisotopic (exact) mass is 365 g/mol. The number of likely N-dealkylation sites (N-methyl/N-ethyl adjacent to an activating group) is 1. The Morgan fingerprint density at radius 3 is 2.78 bits per heavy atom. The van der Waals surface area contributed by atoms with Gasteiger partial charge in [-0.05, 0) is 25.3 Å². The maximum atomic E-state index is 13.0. The van der Waals surface area contributed by atoms with E-state index >= 15 is 0 Å². The van der Waals surface area contributed by atoms with Crippen molar-refractivity contribution in [3.63, 3.8) is 0 Å². The van der Waals surface area contributed by atoms with Crippen LogP contribution in [0.3, 0.4) is 0 Å². The van der Waals surface area contributed by atoms with Crippen LogP contribution in [0.25, 0.3) is 0 Å². The van der Waals surface area contributed by atoms with Gasteiger partial charge in [0.25, 0.3) is 0 Å². The number of rotatable bonds is 3. The van der Waals surface area contributed by atoms with Crippen molar-refractivity contribution in [3.8, 4) is 0 Å². The first kappa shape index (κ1) is 17.5. The van der Waals surface area contributed by atoms with E-state index in [0.29, 0.717) is 23.8 Å². The summed E-state index contributed by atoms with van der Waals surface area (Å²) in [5.41, 5.74) is 3.00. The molecule has 0 radical (unpaired) electrons. The first-order valence-corrected chi connectivity index (χ1v) is 9.26. The number of urea groups is 1. The van der Waals surface area contributed by atoms with E-state index in [1.54, 1.807) is 23.0 Å². The van der Waals surface area contributed by atoms with E-state index in [-0.39, 0.29) is 6.03 Å². The molecule has 2 amide bonds. The molecule has 0 saturated carbocycles. The predicted molar refractivity (Wildman–Crippen MR) is 103 cm³/mol. The lowest BCUT2D eigenvalue weighted by molar-refractivity contribution is -0.108. The highest BCUT2D eigenvalue weighted by atomic mass is 16.2. The molecule has 1 unspecified atom stereocenters. The molecule has 4 rings (SSSR count). The highest BCUT2D eigenvalue weighted by molar-refractivity contribution is 6.02. The minimum atomic E-state index is -0.684. The number of carbonyl (C=O) groups excluding carboxylic acids is 2. The van der Waals surface area contributed by atoms with Crippen LogP contribution < -0.4 is 9.80 Å². The van der Waals surface area contributed by atoms with E-state index in [4.69, 9.17) is 0 Å². The summed E-state index contributed by atoms with van der Waals surface area (Å²) in [6.07, 6.45) is 4.39. The van der Waals surface area contributed by atoms with Crippen LogP contribution in [0, 0.1) is 6.92 Å². The molecule has 3 heterocycles. The molecule has 2 aromatic rings. The maximum absolute atomic E-state index is 13.0. The van der Waals surface area contributed by atoms with Gasteiger partial charge in [0.15, 0.2) is 18.3 Å². The van der Waals surface area contributed by atoms with Gasteiger partial charge >= 0.3 is 6.03 Å². The van der Waals surface area contributed by atoms with E-state index in [2.05, 4.69) is 16.0 Å². The molecule has 27 heavy (non-hydrogen) atoms. The Morgan fingerprint density at radius 2 is 2.07 bits per heavy atom. The van der Waals surface area contributed by atoms with Crippen LogP contribution in [0.2, 0.25) is 0 Å². The molecule has 140 valence electrons. The van der Waals surface area contributed by atoms with Gasteiger partial charge < -0.3 is 9.80 Å². The Balaban J connectivity index is 1.68. The van der Waals surface area contributed by atoms with Crippen molar-refractivity contribution >= 4 is 23.8 Å². The van der Waals surface area contributed by atoms with E-state index in [1.807, 2.05) is 25.1 Å². The fraction of sp³-hybridized carbons (Fsp3) is 0.400. The molecule has 2 aliphatic rings. The zero-order valence-corrected chi connectivity index (χ0v) is 15.6. The zero-order chi connectivity index (χ0) is 19.0. The number of hydrogen-bond acceptors (Lipinski definition) is 5. The third-order valence-electron chi connectivity index (χ3n) is 5.22. The van der Waals surface area contributed by atoms with Crippen molar-refractivity contribution in [2.45, 2.75) is 32.4 Å². The van der Waals surface area contributed by atoms with Crippen molar-refractivity contribution in [2.75, 3.05) is 29.9 Å². The quantitative estimate of drug-likeness (QED) is 0.781. The van der Waals surface area contributed by atoms with Gasteiger partial charge in [-0.2, -0.15) is 0 Å². The molecule has 1 saturated heterocycles. The zero-order valence-electron chi connectivity index (χ0n) is 15.6. The van der Waals surface area contributed by atoms with Gasteiger partial charge in [0, 0.05) is 26.6 Å².